The Labute approximate surface area is 221 Å². The van der Waals surface area contributed by atoms with Gasteiger partial charge in [0.2, 0.25) is 12.7 Å². The van der Waals surface area contributed by atoms with Gasteiger partial charge in [0.05, 0.1) is 19.6 Å². The Bertz CT molecular complexity index is 1360. The van der Waals surface area contributed by atoms with Gasteiger partial charge in [-0.3, -0.25) is 14.5 Å². The van der Waals surface area contributed by atoms with E-state index in [0.717, 1.165) is 17.5 Å². The van der Waals surface area contributed by atoms with Crippen LogP contribution in [0, 0.1) is 5.92 Å². The van der Waals surface area contributed by atoms with Crippen molar-refractivity contribution in [1.29, 1.82) is 0 Å². The van der Waals surface area contributed by atoms with Gasteiger partial charge in [0, 0.05) is 31.6 Å². The van der Waals surface area contributed by atoms with Crippen molar-refractivity contribution in [1.82, 2.24) is 9.80 Å². The zero-order chi connectivity index (χ0) is 26.2. The molecule has 0 spiro atoms. The van der Waals surface area contributed by atoms with Crippen molar-refractivity contribution in [2.24, 2.45) is 5.92 Å². The lowest BCUT2D eigenvalue weighted by molar-refractivity contribution is -0.144. The van der Waals surface area contributed by atoms with Crippen LogP contribution in [-0.4, -0.2) is 60.3 Å². The fourth-order valence-electron chi connectivity index (χ4n) is 6.06. The number of carboxylic acids is 1. The van der Waals surface area contributed by atoms with Crippen LogP contribution in [-0.2, 0) is 22.6 Å². The average Bonchev–Trinajstić information content (AvgIpc) is 3.57. The first-order valence-corrected chi connectivity index (χ1v) is 12.9. The van der Waals surface area contributed by atoms with Crippen LogP contribution in [0.15, 0.2) is 66.7 Å². The number of rotatable bonds is 6. The number of amides is 1. The highest BCUT2D eigenvalue weighted by Crippen LogP contribution is 2.47. The molecule has 0 radical (unpaired) electrons. The number of ether oxygens (including phenoxy) is 3. The number of fused-ring (bicyclic) bond motifs is 2. The fraction of sp³-hybridized carbons (Fsp3) is 0.333. The number of hydrogen-bond acceptors (Lipinski definition) is 6. The molecule has 38 heavy (non-hydrogen) atoms. The van der Waals surface area contributed by atoms with Crippen molar-refractivity contribution in [2.45, 2.75) is 24.9 Å². The van der Waals surface area contributed by atoms with Crippen LogP contribution in [0.3, 0.4) is 0 Å². The molecule has 3 aromatic carbocycles. The van der Waals surface area contributed by atoms with Crippen LogP contribution in [0.2, 0.25) is 0 Å². The van der Waals surface area contributed by atoms with Gasteiger partial charge in [-0.1, -0.05) is 42.5 Å². The van der Waals surface area contributed by atoms with Crippen LogP contribution >= 0.6 is 0 Å². The van der Waals surface area contributed by atoms with Crippen molar-refractivity contribution in [2.75, 3.05) is 33.5 Å². The van der Waals surface area contributed by atoms with Gasteiger partial charge < -0.3 is 24.2 Å². The molecule has 3 heterocycles. The summed E-state index contributed by atoms with van der Waals surface area (Å²) in [5.74, 6) is 0.00360. The second-order valence-corrected chi connectivity index (χ2v) is 10.1. The molecular weight excluding hydrogens is 484 g/mol. The van der Waals surface area contributed by atoms with Crippen molar-refractivity contribution >= 4 is 11.9 Å². The second-order valence-electron chi connectivity index (χ2n) is 10.1. The van der Waals surface area contributed by atoms with Gasteiger partial charge in [-0.2, -0.15) is 0 Å². The molecule has 8 nitrogen and oxygen atoms in total. The van der Waals surface area contributed by atoms with Crippen LogP contribution in [0.5, 0.6) is 17.2 Å². The Kier molecular flexibility index (Phi) is 6.41. The van der Waals surface area contributed by atoms with E-state index in [0.29, 0.717) is 36.9 Å². The molecular formula is C30H30N2O6. The molecule has 0 saturated carbocycles. The molecule has 0 unspecified atom stereocenters. The fourth-order valence-corrected chi connectivity index (χ4v) is 6.06. The molecule has 8 heteroatoms. The first-order chi connectivity index (χ1) is 18.5. The van der Waals surface area contributed by atoms with E-state index in [9.17, 15) is 14.7 Å². The van der Waals surface area contributed by atoms with Crippen LogP contribution in [0.25, 0.3) is 0 Å². The lowest BCUT2D eigenvalue weighted by Gasteiger charge is -2.32. The normalized spacial score (nSPS) is 22.2. The predicted molar refractivity (Wildman–Crippen MR) is 139 cm³/mol. The highest BCUT2D eigenvalue weighted by Gasteiger charge is 2.48. The summed E-state index contributed by atoms with van der Waals surface area (Å²) in [7, 11) is 1.60. The van der Waals surface area contributed by atoms with Crippen LogP contribution in [0.4, 0.5) is 0 Å². The van der Waals surface area contributed by atoms with E-state index in [1.807, 2.05) is 64.4 Å². The van der Waals surface area contributed by atoms with Crippen molar-refractivity contribution in [3.05, 3.63) is 89.0 Å². The zero-order valence-electron chi connectivity index (χ0n) is 21.2. The van der Waals surface area contributed by atoms with E-state index in [1.165, 1.54) is 11.1 Å². The molecule has 1 amide bonds. The topological polar surface area (TPSA) is 88.5 Å². The third kappa shape index (κ3) is 4.45. The Balaban J connectivity index is 1.32. The van der Waals surface area contributed by atoms with E-state index in [1.54, 1.807) is 7.11 Å². The van der Waals surface area contributed by atoms with Gasteiger partial charge in [-0.15, -0.1) is 0 Å². The maximum atomic E-state index is 13.6. The summed E-state index contributed by atoms with van der Waals surface area (Å²) >= 11 is 0. The lowest BCUT2D eigenvalue weighted by Crippen LogP contribution is -2.43. The third-order valence-electron chi connectivity index (χ3n) is 7.99. The molecule has 1 fully saturated rings. The predicted octanol–water partition coefficient (Wildman–Crippen LogP) is 3.85. The zero-order valence-corrected chi connectivity index (χ0v) is 21.2. The summed E-state index contributed by atoms with van der Waals surface area (Å²) < 4.78 is 16.4. The summed E-state index contributed by atoms with van der Waals surface area (Å²) in [6.07, 6.45) is 0.821. The number of hydrogen-bond donors (Lipinski definition) is 1. The van der Waals surface area contributed by atoms with E-state index in [4.69, 9.17) is 14.2 Å². The number of aliphatic carboxylic acids is 1. The van der Waals surface area contributed by atoms with Crippen LogP contribution in [0.1, 0.15) is 34.2 Å². The monoisotopic (exact) mass is 514 g/mol. The number of methoxy groups -OCH3 is 1. The van der Waals surface area contributed by atoms with Crippen molar-refractivity contribution < 1.29 is 28.9 Å². The number of benzene rings is 3. The minimum absolute atomic E-state index is 0.00786. The van der Waals surface area contributed by atoms with Gasteiger partial charge in [0.1, 0.15) is 5.75 Å². The molecule has 196 valence electrons. The molecule has 0 aliphatic carbocycles. The summed E-state index contributed by atoms with van der Waals surface area (Å²) in [5.41, 5.74) is 4.16. The maximum absolute atomic E-state index is 13.6. The number of carboxylic acid groups (broad SMARTS) is 1. The van der Waals surface area contributed by atoms with E-state index < -0.39 is 17.9 Å². The molecule has 3 aliphatic heterocycles. The maximum Gasteiger partial charge on any atom is 0.309 e. The van der Waals surface area contributed by atoms with E-state index in [-0.39, 0.29) is 25.2 Å². The first-order valence-electron chi connectivity index (χ1n) is 12.9. The summed E-state index contributed by atoms with van der Waals surface area (Å²) in [6, 6.07) is 20.8. The Morgan fingerprint density at radius 1 is 0.974 bits per heavy atom. The summed E-state index contributed by atoms with van der Waals surface area (Å²) in [4.78, 5) is 30.3. The molecule has 0 bridgehead atoms. The first kappa shape index (κ1) is 24.3. The van der Waals surface area contributed by atoms with E-state index in [2.05, 4.69) is 12.1 Å². The van der Waals surface area contributed by atoms with Crippen molar-refractivity contribution in [3.8, 4) is 17.2 Å². The van der Waals surface area contributed by atoms with Gasteiger partial charge >= 0.3 is 5.97 Å². The number of carbonyl (C=O) groups excluding carboxylic acids is 1. The van der Waals surface area contributed by atoms with Crippen molar-refractivity contribution in [3.63, 3.8) is 0 Å². The smallest absolute Gasteiger partial charge is 0.309 e. The SMILES string of the molecule is COc1ccc([C@@H]2[C@@H](C(=O)O)[C@@H](c3ccc4c(c3)OCO4)CN2CC(=O)N2CCc3ccccc3C2)cc1. The minimum atomic E-state index is -0.893. The Hall–Kier alpha value is -4.04. The number of nitrogens with zero attached hydrogens (tertiary/aromatic N) is 2. The minimum Gasteiger partial charge on any atom is -0.497 e. The Morgan fingerprint density at radius 2 is 1.71 bits per heavy atom. The molecule has 3 atom stereocenters. The lowest BCUT2D eigenvalue weighted by atomic mass is 9.82. The molecule has 0 aromatic heterocycles. The standard InChI is InChI=1S/C30H30N2O6/c1-36-23-9-6-20(7-10-23)29-28(30(34)35)24(21-8-11-25-26(14-21)38-18-37-25)16-32(29)17-27(33)31-13-12-19-4-2-3-5-22(19)15-31/h2-11,14,24,28-29H,12-13,15-18H2,1H3,(H,34,35)/t24-,28+,29-/m1/s1. The summed E-state index contributed by atoms with van der Waals surface area (Å²) in [6.45, 7) is 1.96. The molecule has 1 saturated heterocycles. The van der Waals surface area contributed by atoms with Crippen LogP contribution < -0.4 is 14.2 Å². The van der Waals surface area contributed by atoms with Gasteiger partial charge in [-0.25, -0.2) is 0 Å². The summed E-state index contributed by atoms with van der Waals surface area (Å²) in [5, 5.41) is 10.5. The van der Waals surface area contributed by atoms with Gasteiger partial charge in [0.15, 0.2) is 11.5 Å². The molecule has 1 N–H and O–H groups in total. The highest BCUT2D eigenvalue weighted by molar-refractivity contribution is 5.79. The number of carbonyl (C=O) groups is 2. The van der Waals surface area contributed by atoms with Gasteiger partial charge in [-0.05, 0) is 52.9 Å². The molecule has 3 aliphatic rings. The number of likely N-dealkylation sites (tertiary alicyclic amines) is 1. The van der Waals surface area contributed by atoms with E-state index >= 15 is 0 Å². The average molecular weight is 515 g/mol. The Morgan fingerprint density at radius 3 is 2.47 bits per heavy atom. The second kappa shape index (κ2) is 10.0. The van der Waals surface area contributed by atoms with Gasteiger partial charge in [0.25, 0.3) is 0 Å². The molecule has 3 aromatic rings. The molecule has 6 rings (SSSR count). The largest absolute Gasteiger partial charge is 0.497 e. The quantitative estimate of drug-likeness (QED) is 0.535. The third-order valence-corrected chi connectivity index (χ3v) is 7.99. The highest BCUT2D eigenvalue weighted by atomic mass is 16.7.